The van der Waals surface area contributed by atoms with E-state index in [0.717, 1.165) is 12.1 Å². The highest BCUT2D eigenvalue weighted by Gasteiger charge is 2.24. The van der Waals surface area contributed by atoms with Gasteiger partial charge in [0.1, 0.15) is 23.8 Å². The first-order valence-corrected chi connectivity index (χ1v) is 13.7. The molecule has 0 fully saturated rings. The molecule has 0 unspecified atom stereocenters. The smallest absolute Gasteiger partial charge is 0.335 e. The van der Waals surface area contributed by atoms with Gasteiger partial charge in [0, 0.05) is 49.0 Å². The molecule has 1 N–H and O–H groups in total. The molecule has 0 saturated carbocycles. The Morgan fingerprint density at radius 1 is 1.00 bits per heavy atom. The summed E-state index contributed by atoms with van der Waals surface area (Å²) in [5.41, 5.74) is -0.910. The molecule has 0 bridgehead atoms. The van der Waals surface area contributed by atoms with Gasteiger partial charge in [0.05, 0.1) is 35.8 Å². The van der Waals surface area contributed by atoms with Crippen molar-refractivity contribution in [3.63, 3.8) is 0 Å². The molecular formula is C31H23F4N7O4. The van der Waals surface area contributed by atoms with Crippen LogP contribution >= 0.6 is 0 Å². The van der Waals surface area contributed by atoms with E-state index in [1.54, 1.807) is 24.5 Å². The van der Waals surface area contributed by atoms with Crippen LogP contribution in [-0.4, -0.2) is 59.3 Å². The van der Waals surface area contributed by atoms with E-state index < -0.39 is 46.8 Å². The number of pyridine rings is 2. The van der Waals surface area contributed by atoms with Gasteiger partial charge in [-0.1, -0.05) is 17.3 Å². The molecule has 0 atom stereocenters. The fourth-order valence-electron chi connectivity index (χ4n) is 4.83. The zero-order chi connectivity index (χ0) is 32.4. The van der Waals surface area contributed by atoms with Crippen molar-refractivity contribution in [2.75, 3.05) is 13.7 Å². The summed E-state index contributed by atoms with van der Waals surface area (Å²) in [6.07, 6.45) is 4.18. The van der Waals surface area contributed by atoms with Crippen molar-refractivity contribution >= 4 is 17.0 Å². The number of methoxy groups -OCH3 is 1. The monoisotopic (exact) mass is 633 g/mol. The standard InChI is InChI=1S/C31H23F4N7O4/c1-45-10-9-41-24-12-18(31(43)44)11-22(33)30(24)39-26(41)14-19-21(32)13-20(29(35)28(19)34)23-3-2-4-27(38-23)46-16-17-5-6-25(36-15-17)42-8-7-37-40-42/h2-8,11-13,15H,9-10,14,16H2,1H3,(H,43,44). The number of carboxylic acid groups (broad SMARTS) is 1. The summed E-state index contributed by atoms with van der Waals surface area (Å²) in [5.74, 6) is -5.59. The fraction of sp³-hybridized carbons (Fsp3) is 0.161. The molecule has 4 aromatic heterocycles. The first-order valence-electron chi connectivity index (χ1n) is 13.7. The number of ether oxygens (including phenoxy) is 2. The molecule has 0 saturated heterocycles. The third-order valence-electron chi connectivity index (χ3n) is 7.09. The Labute approximate surface area is 257 Å². The molecule has 6 aromatic rings. The lowest BCUT2D eigenvalue weighted by molar-refractivity contribution is 0.0696. The van der Waals surface area contributed by atoms with Crippen LogP contribution in [0, 0.1) is 23.3 Å². The number of halogens is 4. The quantitative estimate of drug-likeness (QED) is 0.152. The molecule has 0 spiro atoms. The highest BCUT2D eigenvalue weighted by atomic mass is 19.2. The summed E-state index contributed by atoms with van der Waals surface area (Å²) >= 11 is 0. The summed E-state index contributed by atoms with van der Waals surface area (Å²) in [6, 6.07) is 10.7. The Bertz CT molecular complexity index is 2050. The van der Waals surface area contributed by atoms with Crippen LogP contribution in [0.4, 0.5) is 17.6 Å². The van der Waals surface area contributed by atoms with Crippen LogP contribution in [-0.2, 0) is 24.3 Å². The average Bonchev–Trinajstić information content (AvgIpc) is 3.72. The van der Waals surface area contributed by atoms with Gasteiger partial charge in [-0.15, -0.1) is 5.10 Å². The molecule has 0 amide bonds. The minimum absolute atomic E-state index is 0.0178. The molecule has 15 heteroatoms. The Balaban J connectivity index is 1.26. The lowest BCUT2D eigenvalue weighted by atomic mass is 10.0. The molecular weight excluding hydrogens is 610 g/mol. The van der Waals surface area contributed by atoms with Gasteiger partial charge >= 0.3 is 5.97 Å². The van der Waals surface area contributed by atoms with Crippen LogP contribution < -0.4 is 4.74 Å². The maximum atomic E-state index is 15.5. The molecule has 234 valence electrons. The summed E-state index contributed by atoms with van der Waals surface area (Å²) in [7, 11) is 1.42. The van der Waals surface area contributed by atoms with Crippen LogP contribution in [0.1, 0.15) is 27.3 Å². The van der Waals surface area contributed by atoms with Gasteiger partial charge in [0.25, 0.3) is 0 Å². The number of benzene rings is 2. The molecule has 0 aliphatic carbocycles. The molecule has 0 aliphatic rings. The van der Waals surface area contributed by atoms with E-state index in [1.807, 2.05) is 0 Å². The summed E-state index contributed by atoms with van der Waals surface area (Å²) in [5, 5.41) is 17.0. The number of rotatable bonds is 11. The Morgan fingerprint density at radius 2 is 1.85 bits per heavy atom. The predicted octanol–water partition coefficient (Wildman–Crippen LogP) is 5.14. The number of hydrogen-bond acceptors (Lipinski definition) is 8. The van der Waals surface area contributed by atoms with Gasteiger partial charge in [0.15, 0.2) is 23.3 Å². The Kier molecular flexibility index (Phi) is 8.39. The average molecular weight is 634 g/mol. The molecule has 0 radical (unpaired) electrons. The molecule has 4 heterocycles. The van der Waals surface area contributed by atoms with Gasteiger partial charge in [-0.05, 0) is 30.3 Å². The van der Waals surface area contributed by atoms with E-state index in [0.29, 0.717) is 11.4 Å². The summed E-state index contributed by atoms with van der Waals surface area (Å²) in [6.45, 7) is 0.224. The number of fused-ring (bicyclic) bond motifs is 1. The van der Waals surface area contributed by atoms with Crippen molar-refractivity contribution in [2.24, 2.45) is 0 Å². The molecule has 6 rings (SSSR count). The van der Waals surface area contributed by atoms with Gasteiger partial charge in [-0.2, -0.15) is 0 Å². The van der Waals surface area contributed by atoms with Crippen molar-refractivity contribution in [1.82, 2.24) is 34.5 Å². The minimum atomic E-state index is -1.47. The largest absolute Gasteiger partial charge is 0.478 e. The van der Waals surface area contributed by atoms with Gasteiger partial charge in [-0.3, -0.25) is 0 Å². The van der Waals surface area contributed by atoms with Gasteiger partial charge in [0.2, 0.25) is 5.88 Å². The normalized spacial score (nSPS) is 11.3. The van der Waals surface area contributed by atoms with Crippen LogP contribution in [0.5, 0.6) is 5.88 Å². The van der Waals surface area contributed by atoms with E-state index >= 15 is 13.2 Å². The predicted molar refractivity (Wildman–Crippen MR) is 154 cm³/mol. The fourth-order valence-corrected chi connectivity index (χ4v) is 4.83. The SMILES string of the molecule is COCCn1c(Cc2c(F)cc(-c3cccc(OCc4ccc(-n5ccnn5)nc4)n3)c(F)c2F)nc2c(F)cc(C(=O)O)cc21. The Morgan fingerprint density at radius 3 is 2.57 bits per heavy atom. The number of aromatic nitrogens is 7. The highest BCUT2D eigenvalue weighted by Crippen LogP contribution is 2.31. The zero-order valence-electron chi connectivity index (χ0n) is 24.0. The zero-order valence-corrected chi connectivity index (χ0v) is 24.0. The lowest BCUT2D eigenvalue weighted by Crippen LogP contribution is -2.11. The first kappa shape index (κ1) is 30.3. The van der Waals surface area contributed by atoms with E-state index in [2.05, 4.69) is 25.3 Å². The lowest BCUT2D eigenvalue weighted by Gasteiger charge is -2.13. The van der Waals surface area contributed by atoms with Gasteiger partial charge < -0.3 is 19.1 Å². The second kappa shape index (κ2) is 12.7. The number of nitrogens with zero attached hydrogens (tertiary/aromatic N) is 7. The molecule has 0 aliphatic heterocycles. The van der Waals surface area contributed by atoms with E-state index in [4.69, 9.17) is 9.47 Å². The van der Waals surface area contributed by atoms with Crippen LogP contribution in [0.3, 0.4) is 0 Å². The number of carbonyl (C=O) groups is 1. The van der Waals surface area contributed by atoms with E-state index in [-0.39, 0.29) is 53.8 Å². The van der Waals surface area contributed by atoms with Crippen molar-refractivity contribution in [1.29, 1.82) is 0 Å². The topological polar surface area (TPSA) is 130 Å². The van der Waals surface area contributed by atoms with Crippen molar-refractivity contribution < 1.29 is 36.9 Å². The van der Waals surface area contributed by atoms with Crippen LogP contribution in [0.2, 0.25) is 0 Å². The van der Waals surface area contributed by atoms with Crippen LogP contribution in [0.25, 0.3) is 28.1 Å². The van der Waals surface area contributed by atoms with Crippen LogP contribution in [0.15, 0.2) is 67.1 Å². The number of imidazole rings is 1. The summed E-state index contributed by atoms with van der Waals surface area (Å²) in [4.78, 5) is 24.2. The molecule has 46 heavy (non-hydrogen) atoms. The summed E-state index contributed by atoms with van der Waals surface area (Å²) < 4.78 is 74.9. The molecule has 2 aromatic carbocycles. The number of carboxylic acids is 1. The third-order valence-corrected chi connectivity index (χ3v) is 7.09. The Hall–Kier alpha value is -5.70. The number of hydrogen-bond donors (Lipinski definition) is 1. The molecule has 11 nitrogen and oxygen atoms in total. The minimum Gasteiger partial charge on any atom is -0.478 e. The highest BCUT2D eigenvalue weighted by molar-refractivity contribution is 5.92. The van der Waals surface area contributed by atoms with Gasteiger partial charge in [-0.25, -0.2) is 42.0 Å². The maximum absolute atomic E-state index is 15.5. The van der Waals surface area contributed by atoms with Crippen molar-refractivity contribution in [3.05, 3.63) is 113 Å². The first-order chi connectivity index (χ1) is 22.2. The maximum Gasteiger partial charge on any atom is 0.335 e. The van der Waals surface area contributed by atoms with Crippen molar-refractivity contribution in [3.8, 4) is 23.0 Å². The number of aromatic carboxylic acids is 1. The van der Waals surface area contributed by atoms with E-state index in [1.165, 1.54) is 46.8 Å². The second-order valence-corrected chi connectivity index (χ2v) is 10.0. The van der Waals surface area contributed by atoms with E-state index in [9.17, 15) is 14.3 Å². The third kappa shape index (κ3) is 5.99. The van der Waals surface area contributed by atoms with Crippen molar-refractivity contribution in [2.45, 2.75) is 19.6 Å². The second-order valence-electron chi connectivity index (χ2n) is 10.0.